The van der Waals surface area contributed by atoms with Crippen molar-refractivity contribution in [3.8, 4) is 0 Å². The third kappa shape index (κ3) is 6.53. The van der Waals surface area contributed by atoms with E-state index in [0.29, 0.717) is 6.54 Å². The number of sulfonamides is 1. The Morgan fingerprint density at radius 1 is 1.32 bits per heavy atom. The molecule has 1 saturated carbocycles. The summed E-state index contributed by atoms with van der Waals surface area (Å²) >= 11 is 0. The van der Waals surface area contributed by atoms with Crippen LogP contribution in [0.25, 0.3) is 0 Å². The maximum atomic E-state index is 12.3. The summed E-state index contributed by atoms with van der Waals surface area (Å²) in [5.74, 6) is -1.39. The van der Waals surface area contributed by atoms with Crippen molar-refractivity contribution in [1.29, 1.82) is 0 Å². The highest BCUT2D eigenvalue weighted by molar-refractivity contribution is 7.88. The number of rotatable bonds is 8. The van der Waals surface area contributed by atoms with Crippen LogP contribution in [0.5, 0.6) is 0 Å². The maximum Gasteiger partial charge on any atom is 0.318 e. The van der Waals surface area contributed by atoms with Gasteiger partial charge in [0.15, 0.2) is 0 Å². The summed E-state index contributed by atoms with van der Waals surface area (Å²) in [4.78, 5) is 24.7. The Morgan fingerprint density at radius 2 is 2.00 bits per heavy atom. The number of aliphatic carboxylic acids is 1. The maximum absolute atomic E-state index is 12.3. The number of amides is 1. The molecule has 1 saturated heterocycles. The summed E-state index contributed by atoms with van der Waals surface area (Å²) in [6.45, 7) is 0.211. The Hall–Kier alpha value is -1.23. The van der Waals surface area contributed by atoms with Crippen molar-refractivity contribution >= 4 is 21.9 Å². The SMILES string of the molecule is CS(=O)(=O)N(CC(=O)O)CC1CN(C(=O)COC2CCCC2)CCO1. The molecule has 1 unspecified atom stereocenters. The van der Waals surface area contributed by atoms with Gasteiger partial charge >= 0.3 is 5.97 Å². The van der Waals surface area contributed by atoms with Gasteiger partial charge in [-0.05, 0) is 12.8 Å². The lowest BCUT2D eigenvalue weighted by molar-refractivity contribution is -0.146. The lowest BCUT2D eigenvalue weighted by Gasteiger charge is -2.35. The van der Waals surface area contributed by atoms with E-state index >= 15 is 0 Å². The fourth-order valence-corrected chi connectivity index (χ4v) is 3.87. The van der Waals surface area contributed by atoms with Crippen LogP contribution >= 0.6 is 0 Å². The molecule has 2 aliphatic rings. The first-order valence-electron chi connectivity index (χ1n) is 8.43. The lowest BCUT2D eigenvalue weighted by atomic mass is 10.2. The Bertz CT molecular complexity index is 574. The monoisotopic (exact) mass is 378 g/mol. The summed E-state index contributed by atoms with van der Waals surface area (Å²) < 4.78 is 35.4. The van der Waals surface area contributed by atoms with E-state index in [1.165, 1.54) is 0 Å². The summed E-state index contributed by atoms with van der Waals surface area (Å²) in [5, 5.41) is 8.86. The van der Waals surface area contributed by atoms with Crippen molar-refractivity contribution in [3.63, 3.8) is 0 Å². The molecular weight excluding hydrogens is 352 g/mol. The first-order chi connectivity index (χ1) is 11.8. The summed E-state index contributed by atoms with van der Waals surface area (Å²) in [6, 6.07) is 0. The average Bonchev–Trinajstić information content (AvgIpc) is 3.04. The molecular formula is C15H26N2O7S. The van der Waals surface area contributed by atoms with Gasteiger partial charge in [-0.1, -0.05) is 12.8 Å². The molecule has 25 heavy (non-hydrogen) atoms. The van der Waals surface area contributed by atoms with Crippen LogP contribution in [0.2, 0.25) is 0 Å². The van der Waals surface area contributed by atoms with Gasteiger partial charge in [0, 0.05) is 19.6 Å². The first kappa shape index (κ1) is 20.1. The summed E-state index contributed by atoms with van der Waals surface area (Å²) in [7, 11) is -3.67. The highest BCUT2D eigenvalue weighted by atomic mass is 32.2. The second-order valence-corrected chi connectivity index (χ2v) is 8.48. The van der Waals surface area contributed by atoms with Crippen molar-refractivity contribution < 1.29 is 32.6 Å². The van der Waals surface area contributed by atoms with E-state index in [0.717, 1.165) is 36.2 Å². The van der Waals surface area contributed by atoms with Crippen molar-refractivity contribution in [3.05, 3.63) is 0 Å². The molecule has 2 fully saturated rings. The number of ether oxygens (including phenoxy) is 2. The van der Waals surface area contributed by atoms with E-state index in [4.69, 9.17) is 14.6 Å². The normalized spacial score (nSPS) is 22.5. The third-order valence-corrected chi connectivity index (χ3v) is 5.64. The molecule has 0 aromatic rings. The average molecular weight is 378 g/mol. The van der Waals surface area contributed by atoms with E-state index in [9.17, 15) is 18.0 Å². The van der Waals surface area contributed by atoms with E-state index < -0.39 is 28.6 Å². The predicted molar refractivity (Wildman–Crippen MR) is 88.6 cm³/mol. The van der Waals surface area contributed by atoms with E-state index in [-0.39, 0.29) is 38.3 Å². The fraction of sp³-hybridized carbons (Fsp3) is 0.867. The van der Waals surface area contributed by atoms with Gasteiger partial charge in [0.2, 0.25) is 15.9 Å². The molecule has 1 aliphatic heterocycles. The van der Waals surface area contributed by atoms with Crippen molar-refractivity contribution in [2.75, 3.05) is 45.6 Å². The quantitative estimate of drug-likeness (QED) is 0.607. The van der Waals surface area contributed by atoms with E-state index in [1.54, 1.807) is 4.90 Å². The molecule has 0 radical (unpaired) electrons. The Balaban J connectivity index is 1.85. The zero-order valence-corrected chi connectivity index (χ0v) is 15.2. The molecule has 0 aromatic carbocycles. The summed E-state index contributed by atoms with van der Waals surface area (Å²) in [6.07, 6.45) is 4.77. The zero-order valence-electron chi connectivity index (χ0n) is 14.4. The smallest absolute Gasteiger partial charge is 0.318 e. The molecule has 1 N–H and O–H groups in total. The molecule has 0 bridgehead atoms. The van der Waals surface area contributed by atoms with Gasteiger partial charge in [-0.2, -0.15) is 4.31 Å². The zero-order chi connectivity index (χ0) is 18.4. The Labute approximate surface area is 147 Å². The summed E-state index contributed by atoms with van der Waals surface area (Å²) in [5.41, 5.74) is 0. The van der Waals surface area contributed by atoms with Gasteiger partial charge in [-0.3, -0.25) is 9.59 Å². The molecule has 9 nitrogen and oxygen atoms in total. The van der Waals surface area contributed by atoms with Crippen LogP contribution in [0.4, 0.5) is 0 Å². The minimum atomic E-state index is -3.67. The van der Waals surface area contributed by atoms with Crippen molar-refractivity contribution in [1.82, 2.24) is 9.21 Å². The van der Waals surface area contributed by atoms with Gasteiger partial charge in [0.25, 0.3) is 0 Å². The van der Waals surface area contributed by atoms with Crippen LogP contribution in [0, 0.1) is 0 Å². The van der Waals surface area contributed by atoms with Crippen molar-refractivity contribution in [2.45, 2.75) is 37.9 Å². The highest BCUT2D eigenvalue weighted by Crippen LogP contribution is 2.21. The number of morpholine rings is 1. The van der Waals surface area contributed by atoms with Gasteiger partial charge in [-0.15, -0.1) is 0 Å². The lowest BCUT2D eigenvalue weighted by Crippen LogP contribution is -2.52. The highest BCUT2D eigenvalue weighted by Gasteiger charge is 2.30. The fourth-order valence-electron chi connectivity index (χ4n) is 3.09. The van der Waals surface area contributed by atoms with Crippen LogP contribution in [-0.4, -0.2) is 92.5 Å². The Kier molecular flexibility index (Phi) is 7.17. The van der Waals surface area contributed by atoms with E-state index in [1.807, 2.05) is 0 Å². The second-order valence-electron chi connectivity index (χ2n) is 6.50. The largest absolute Gasteiger partial charge is 0.480 e. The van der Waals surface area contributed by atoms with Gasteiger partial charge in [0.05, 0.1) is 25.1 Å². The van der Waals surface area contributed by atoms with Crippen LogP contribution < -0.4 is 0 Å². The Morgan fingerprint density at radius 3 is 2.60 bits per heavy atom. The molecule has 144 valence electrons. The van der Waals surface area contributed by atoms with Crippen molar-refractivity contribution in [2.24, 2.45) is 0 Å². The van der Waals surface area contributed by atoms with Gasteiger partial charge < -0.3 is 19.5 Å². The van der Waals surface area contributed by atoms with Crippen LogP contribution in [0.3, 0.4) is 0 Å². The third-order valence-electron chi connectivity index (χ3n) is 4.42. The first-order valence-corrected chi connectivity index (χ1v) is 10.3. The molecule has 10 heteroatoms. The van der Waals surface area contributed by atoms with Gasteiger partial charge in [0.1, 0.15) is 13.2 Å². The standard InChI is InChI=1S/C15H26N2O7S/c1-25(21,22)17(10-15(19)20)9-13-8-16(6-7-23-13)14(18)11-24-12-4-2-3-5-12/h12-13H,2-11H2,1H3,(H,19,20). The van der Waals surface area contributed by atoms with Crippen LogP contribution in [0.1, 0.15) is 25.7 Å². The molecule has 1 atom stereocenters. The number of carbonyl (C=O) groups excluding carboxylic acids is 1. The second kappa shape index (κ2) is 8.93. The topological polar surface area (TPSA) is 113 Å². The number of carboxylic acid groups (broad SMARTS) is 1. The molecule has 0 aromatic heterocycles. The van der Waals surface area contributed by atoms with Crippen LogP contribution in [-0.2, 0) is 29.1 Å². The molecule has 1 aliphatic carbocycles. The molecule has 1 heterocycles. The minimum Gasteiger partial charge on any atom is -0.480 e. The number of carbonyl (C=O) groups is 2. The van der Waals surface area contributed by atoms with Gasteiger partial charge in [-0.25, -0.2) is 8.42 Å². The molecule has 0 spiro atoms. The number of hydrogen-bond donors (Lipinski definition) is 1. The van der Waals surface area contributed by atoms with E-state index in [2.05, 4.69) is 0 Å². The van der Waals surface area contributed by atoms with Crippen LogP contribution in [0.15, 0.2) is 0 Å². The number of hydrogen-bond acceptors (Lipinski definition) is 6. The predicted octanol–water partition coefficient (Wildman–Crippen LogP) is -0.481. The number of nitrogens with zero attached hydrogens (tertiary/aromatic N) is 2. The molecule has 2 rings (SSSR count). The number of carboxylic acids is 1. The minimum absolute atomic E-state index is 0.0162. The molecule has 1 amide bonds.